The molecule has 0 radical (unpaired) electrons. The van der Waals surface area contributed by atoms with Gasteiger partial charge in [0.05, 0.1) is 23.5 Å². The summed E-state index contributed by atoms with van der Waals surface area (Å²) in [6.45, 7) is 8.62. The number of hydrogen-bond donors (Lipinski definition) is 1. The lowest BCUT2D eigenvalue weighted by atomic mass is 9.96. The van der Waals surface area contributed by atoms with Crippen LogP contribution in [0.15, 0.2) is 77.4 Å². The van der Waals surface area contributed by atoms with Gasteiger partial charge in [-0.15, -0.1) is 0 Å². The maximum atomic E-state index is 5.93. The van der Waals surface area contributed by atoms with Crippen LogP contribution in [0.25, 0.3) is 5.69 Å². The van der Waals surface area contributed by atoms with Gasteiger partial charge in [0.2, 0.25) is 0 Å². The molecule has 4 nitrogen and oxygen atoms in total. The molecule has 6 heteroatoms. The topological polar surface area (TPSA) is 33.1 Å². The van der Waals surface area contributed by atoms with Crippen LogP contribution in [0.1, 0.15) is 45.9 Å². The number of nitrogens with zero attached hydrogens (tertiary/aromatic N) is 3. The van der Waals surface area contributed by atoms with Crippen molar-refractivity contribution in [1.29, 1.82) is 0 Å². The molecule has 1 aliphatic heterocycles. The summed E-state index contributed by atoms with van der Waals surface area (Å²) in [7, 11) is 0. The summed E-state index contributed by atoms with van der Waals surface area (Å²) in [6, 6.07) is 23.2. The average Bonchev–Trinajstić information content (AvgIpc) is 3.29. The minimum absolute atomic E-state index is 0.0361. The van der Waals surface area contributed by atoms with E-state index in [1.807, 2.05) is 24.4 Å². The van der Waals surface area contributed by atoms with E-state index in [4.69, 9.17) is 17.2 Å². The van der Waals surface area contributed by atoms with Crippen molar-refractivity contribution in [3.05, 3.63) is 111 Å². The van der Waals surface area contributed by atoms with Crippen molar-refractivity contribution < 1.29 is 0 Å². The first-order chi connectivity index (χ1) is 16.3. The zero-order chi connectivity index (χ0) is 24.0. The van der Waals surface area contributed by atoms with E-state index < -0.39 is 0 Å². The van der Waals surface area contributed by atoms with Crippen molar-refractivity contribution >= 4 is 38.9 Å². The second kappa shape index (κ2) is 9.01. The van der Waals surface area contributed by atoms with Crippen LogP contribution in [0, 0.1) is 27.7 Å². The van der Waals surface area contributed by atoms with E-state index in [-0.39, 0.29) is 12.1 Å². The highest BCUT2D eigenvalue weighted by Crippen LogP contribution is 2.44. The number of benzene rings is 2. The van der Waals surface area contributed by atoms with Crippen molar-refractivity contribution in [3.8, 4) is 5.69 Å². The first-order valence-corrected chi connectivity index (χ1v) is 12.6. The van der Waals surface area contributed by atoms with Gasteiger partial charge in [-0.3, -0.25) is 4.98 Å². The van der Waals surface area contributed by atoms with E-state index in [2.05, 4.69) is 107 Å². The number of nitrogens with one attached hydrogen (secondary N) is 1. The van der Waals surface area contributed by atoms with Crippen LogP contribution in [0.4, 0.5) is 5.69 Å². The van der Waals surface area contributed by atoms with E-state index in [9.17, 15) is 0 Å². The molecule has 0 bridgehead atoms. The summed E-state index contributed by atoms with van der Waals surface area (Å²) < 4.78 is 3.38. The Hall–Kier alpha value is -2.96. The van der Waals surface area contributed by atoms with Crippen molar-refractivity contribution in [2.45, 2.75) is 39.8 Å². The van der Waals surface area contributed by atoms with E-state index in [0.717, 1.165) is 26.7 Å². The van der Waals surface area contributed by atoms with Gasteiger partial charge < -0.3 is 14.8 Å². The average molecular weight is 532 g/mol. The van der Waals surface area contributed by atoms with Crippen LogP contribution in [0.5, 0.6) is 0 Å². The van der Waals surface area contributed by atoms with Crippen molar-refractivity contribution in [3.63, 3.8) is 0 Å². The Labute approximate surface area is 214 Å². The number of pyridine rings is 1. The van der Waals surface area contributed by atoms with Gasteiger partial charge in [0.15, 0.2) is 5.11 Å². The largest absolute Gasteiger partial charge is 0.351 e. The van der Waals surface area contributed by atoms with Crippen LogP contribution < -0.4 is 10.2 Å². The minimum Gasteiger partial charge on any atom is -0.351 e. The third-order valence-electron chi connectivity index (χ3n) is 6.46. The number of halogens is 1. The first kappa shape index (κ1) is 22.8. The van der Waals surface area contributed by atoms with Gasteiger partial charge in [0.1, 0.15) is 0 Å². The highest BCUT2D eigenvalue weighted by Gasteiger charge is 2.42. The van der Waals surface area contributed by atoms with Gasteiger partial charge in [0.25, 0.3) is 0 Å². The van der Waals surface area contributed by atoms with E-state index in [1.165, 1.54) is 28.1 Å². The predicted octanol–water partition coefficient (Wildman–Crippen LogP) is 7.05. The van der Waals surface area contributed by atoms with Gasteiger partial charge in [0, 0.05) is 27.7 Å². The zero-order valence-electron chi connectivity index (χ0n) is 19.7. The number of anilines is 1. The van der Waals surface area contributed by atoms with Crippen LogP contribution in [0.3, 0.4) is 0 Å². The Bertz CT molecular complexity index is 1360. The summed E-state index contributed by atoms with van der Waals surface area (Å²) in [4.78, 5) is 6.97. The minimum atomic E-state index is -0.0670. The second-order valence-electron chi connectivity index (χ2n) is 8.96. The Balaban J connectivity index is 1.71. The van der Waals surface area contributed by atoms with Crippen LogP contribution in [-0.2, 0) is 0 Å². The lowest BCUT2D eigenvalue weighted by molar-refractivity contribution is 0.565. The second-order valence-corrected chi connectivity index (χ2v) is 10.2. The Kier molecular flexibility index (Phi) is 6.04. The monoisotopic (exact) mass is 530 g/mol. The molecule has 1 aliphatic rings. The number of hydrogen-bond acceptors (Lipinski definition) is 2. The fraction of sp³-hybridized carbons (Fsp3) is 0.214. The van der Waals surface area contributed by atoms with Crippen LogP contribution in [-0.4, -0.2) is 14.7 Å². The highest BCUT2D eigenvalue weighted by molar-refractivity contribution is 9.10. The standard InChI is InChI=1S/C28H27BrN4S/c1-17-13-18(2)15-21(14-17)33-27(26(31-28(33)34)24-10-7-8-12-30-24)22-16-19(3)32(20(22)4)25-11-6-5-9-23(25)29/h5-16,26-27H,1-4H3,(H,31,34)/t26-,27+/m1/s1. The number of aryl methyl sites for hydroxylation is 3. The maximum Gasteiger partial charge on any atom is 0.174 e. The van der Waals surface area contributed by atoms with E-state index >= 15 is 0 Å². The lowest BCUT2D eigenvalue weighted by Gasteiger charge is -2.29. The summed E-state index contributed by atoms with van der Waals surface area (Å²) in [5, 5.41) is 4.31. The number of para-hydroxylation sites is 1. The molecule has 1 saturated heterocycles. The molecular weight excluding hydrogens is 504 g/mol. The van der Waals surface area contributed by atoms with Gasteiger partial charge in [-0.25, -0.2) is 0 Å². The molecule has 2 atom stereocenters. The van der Waals surface area contributed by atoms with Gasteiger partial charge >= 0.3 is 0 Å². The fourth-order valence-corrected chi connectivity index (χ4v) is 5.94. The third kappa shape index (κ3) is 3.95. The Morgan fingerprint density at radius 1 is 0.912 bits per heavy atom. The normalized spacial score (nSPS) is 17.8. The molecule has 2 aromatic heterocycles. The first-order valence-electron chi connectivity index (χ1n) is 11.4. The molecule has 3 heterocycles. The van der Waals surface area contributed by atoms with Crippen molar-refractivity contribution in [2.24, 2.45) is 0 Å². The lowest BCUT2D eigenvalue weighted by Crippen LogP contribution is -2.29. The molecule has 0 spiro atoms. The maximum absolute atomic E-state index is 5.93. The quantitative estimate of drug-likeness (QED) is 0.286. The summed E-state index contributed by atoms with van der Waals surface area (Å²) in [5.41, 5.74) is 9.25. The molecule has 0 saturated carbocycles. The molecule has 0 unspecified atom stereocenters. The molecule has 0 amide bonds. The molecule has 5 rings (SSSR count). The summed E-state index contributed by atoms with van der Waals surface area (Å²) in [5.74, 6) is 0. The molecular formula is C28H27BrN4S. The molecule has 172 valence electrons. The van der Waals surface area contributed by atoms with Crippen molar-refractivity contribution in [2.75, 3.05) is 4.90 Å². The number of rotatable bonds is 4. The predicted molar refractivity (Wildman–Crippen MR) is 147 cm³/mol. The molecule has 1 fully saturated rings. The van der Waals surface area contributed by atoms with Gasteiger partial charge in [-0.1, -0.05) is 24.3 Å². The SMILES string of the molecule is Cc1cc(C)cc(N2C(=S)N[C@H](c3ccccn3)[C@@H]2c2cc(C)n(-c3ccccc3Br)c2C)c1. The van der Waals surface area contributed by atoms with Gasteiger partial charge in [-0.05, 0) is 115 Å². The molecule has 34 heavy (non-hydrogen) atoms. The number of thiocarbonyl (C=S) groups is 1. The Morgan fingerprint density at radius 2 is 1.62 bits per heavy atom. The number of aromatic nitrogens is 2. The smallest absolute Gasteiger partial charge is 0.174 e. The summed E-state index contributed by atoms with van der Waals surface area (Å²) >= 11 is 9.68. The van der Waals surface area contributed by atoms with Gasteiger partial charge in [-0.2, -0.15) is 0 Å². The summed E-state index contributed by atoms with van der Waals surface area (Å²) in [6.07, 6.45) is 1.85. The van der Waals surface area contributed by atoms with Crippen molar-refractivity contribution in [1.82, 2.24) is 14.9 Å². The highest BCUT2D eigenvalue weighted by atomic mass is 79.9. The molecule has 2 aromatic carbocycles. The van der Waals surface area contributed by atoms with Crippen LogP contribution >= 0.6 is 28.1 Å². The Morgan fingerprint density at radius 3 is 2.29 bits per heavy atom. The molecule has 1 N–H and O–H groups in total. The van der Waals surface area contributed by atoms with E-state index in [1.54, 1.807) is 0 Å². The third-order valence-corrected chi connectivity index (χ3v) is 7.45. The van der Waals surface area contributed by atoms with E-state index in [0.29, 0.717) is 0 Å². The van der Waals surface area contributed by atoms with Crippen LogP contribution in [0.2, 0.25) is 0 Å². The molecule has 4 aromatic rings. The molecule has 0 aliphatic carbocycles. The fourth-order valence-electron chi connectivity index (χ4n) is 5.13. The zero-order valence-corrected chi connectivity index (χ0v) is 22.1.